The lowest BCUT2D eigenvalue weighted by Crippen LogP contribution is -2.42. The molecule has 35 heavy (non-hydrogen) atoms. The Balaban J connectivity index is 1.08. The van der Waals surface area contributed by atoms with Crippen molar-refractivity contribution in [1.82, 2.24) is 15.2 Å². The number of fused-ring (bicyclic) bond motifs is 2. The van der Waals surface area contributed by atoms with Crippen LogP contribution >= 0.6 is 11.3 Å². The fourth-order valence-electron chi connectivity index (χ4n) is 6.52. The highest BCUT2D eigenvalue weighted by Crippen LogP contribution is 2.36. The Morgan fingerprint density at radius 3 is 2.80 bits per heavy atom. The number of hydrogen-bond donors (Lipinski definition) is 2. The molecule has 1 saturated carbocycles. The summed E-state index contributed by atoms with van der Waals surface area (Å²) < 4.78 is 0. The monoisotopic (exact) mass is 495 g/mol. The summed E-state index contributed by atoms with van der Waals surface area (Å²) in [4.78, 5) is 24.0. The maximum absolute atomic E-state index is 13.1. The zero-order valence-corrected chi connectivity index (χ0v) is 22.2. The number of aryl methyl sites for hydroxylation is 1. The number of para-hydroxylation sites is 1. The van der Waals surface area contributed by atoms with Crippen LogP contribution in [0.3, 0.4) is 0 Å². The molecule has 0 bridgehead atoms. The standard InChI is InChI=1S/C28H41N5OS/c1-3-15-33(21-12-13-24-26(17-21)35-28(29)31-24)16-14-19-8-10-20(11-9-19)30-27(34)23-18-32(2)25-7-5-4-6-22(23)25/h4-7,19-21,23H,3,8-18H2,1-2H3,(H2,29,31)(H,30,34)/t19?,20?,21-,23?/m0/s1. The first-order valence-corrected chi connectivity index (χ1v) is 14.4. The van der Waals surface area contributed by atoms with Crippen LogP contribution in [0.4, 0.5) is 10.8 Å². The number of rotatable bonds is 8. The second-order valence-electron chi connectivity index (χ2n) is 10.9. The third kappa shape index (κ3) is 5.51. The molecule has 1 aliphatic heterocycles. The summed E-state index contributed by atoms with van der Waals surface area (Å²) in [6, 6.07) is 9.29. The molecular formula is C28H41N5OS. The van der Waals surface area contributed by atoms with Gasteiger partial charge in [-0.1, -0.05) is 25.1 Å². The molecule has 1 amide bonds. The van der Waals surface area contributed by atoms with Gasteiger partial charge in [-0.15, -0.1) is 11.3 Å². The van der Waals surface area contributed by atoms with Gasteiger partial charge in [0.1, 0.15) is 0 Å². The lowest BCUT2D eigenvalue weighted by Gasteiger charge is -2.36. The summed E-state index contributed by atoms with van der Waals surface area (Å²) >= 11 is 1.69. The van der Waals surface area contributed by atoms with E-state index in [0.29, 0.717) is 12.1 Å². The number of nitrogen functional groups attached to an aromatic ring is 1. The molecule has 3 N–H and O–H groups in total. The third-order valence-corrected chi connectivity index (χ3v) is 9.42. The number of nitrogens with zero attached hydrogens (tertiary/aromatic N) is 3. The average Bonchev–Trinajstić information content (AvgIpc) is 3.41. The molecule has 1 aromatic heterocycles. The van der Waals surface area contributed by atoms with Gasteiger partial charge in [0.25, 0.3) is 0 Å². The van der Waals surface area contributed by atoms with Crippen molar-refractivity contribution in [2.75, 3.05) is 37.3 Å². The van der Waals surface area contributed by atoms with E-state index < -0.39 is 0 Å². The van der Waals surface area contributed by atoms with Gasteiger partial charge in [-0.05, 0) is 88.4 Å². The average molecular weight is 496 g/mol. The molecule has 1 aromatic carbocycles. The predicted octanol–water partition coefficient (Wildman–Crippen LogP) is 4.59. The fourth-order valence-corrected chi connectivity index (χ4v) is 7.47. The molecule has 6 nitrogen and oxygen atoms in total. The number of anilines is 2. The highest BCUT2D eigenvalue weighted by molar-refractivity contribution is 7.15. The minimum atomic E-state index is -0.0403. The summed E-state index contributed by atoms with van der Waals surface area (Å²) in [5, 5.41) is 4.13. The first-order chi connectivity index (χ1) is 17.0. The molecular weight excluding hydrogens is 454 g/mol. The topological polar surface area (TPSA) is 74.5 Å². The van der Waals surface area contributed by atoms with E-state index in [1.807, 2.05) is 6.07 Å². The van der Waals surface area contributed by atoms with Gasteiger partial charge in [0.2, 0.25) is 5.91 Å². The Bertz CT molecular complexity index is 1010. The SMILES string of the molecule is CCCN(CCC1CCC(NC(=O)C2CN(C)c3ccccc32)CC1)[C@H]1CCc2nc(N)sc2C1. The van der Waals surface area contributed by atoms with Gasteiger partial charge in [-0.2, -0.15) is 0 Å². The Kier molecular flexibility index (Phi) is 7.63. The molecule has 2 heterocycles. The van der Waals surface area contributed by atoms with Gasteiger partial charge in [0.05, 0.1) is 11.6 Å². The van der Waals surface area contributed by atoms with Crippen LogP contribution in [-0.4, -0.2) is 54.6 Å². The number of nitrogens with two attached hydrogens (primary N) is 1. The summed E-state index contributed by atoms with van der Waals surface area (Å²) in [5.74, 6) is 0.945. The van der Waals surface area contributed by atoms with Crippen molar-refractivity contribution in [2.24, 2.45) is 5.92 Å². The van der Waals surface area contributed by atoms with Crippen LogP contribution in [-0.2, 0) is 17.6 Å². The van der Waals surface area contributed by atoms with Crippen molar-refractivity contribution in [2.45, 2.75) is 82.7 Å². The number of nitrogens with one attached hydrogen (secondary N) is 1. The van der Waals surface area contributed by atoms with Crippen LogP contribution in [0.15, 0.2) is 24.3 Å². The summed E-state index contributed by atoms with van der Waals surface area (Å²) in [6.07, 6.45) is 10.5. The van der Waals surface area contributed by atoms with Gasteiger partial charge in [0, 0.05) is 36.2 Å². The van der Waals surface area contributed by atoms with Crippen molar-refractivity contribution in [3.8, 4) is 0 Å². The number of likely N-dealkylation sites (N-methyl/N-ethyl adjacent to an activating group) is 1. The van der Waals surface area contributed by atoms with Gasteiger partial charge >= 0.3 is 0 Å². The molecule has 3 aliphatic rings. The molecule has 0 saturated heterocycles. The second kappa shape index (κ2) is 10.9. The molecule has 0 spiro atoms. The molecule has 2 aromatic rings. The lowest BCUT2D eigenvalue weighted by atomic mass is 9.83. The van der Waals surface area contributed by atoms with E-state index in [1.54, 1.807) is 11.3 Å². The Labute approximate surface area is 214 Å². The third-order valence-electron chi connectivity index (χ3n) is 8.47. The lowest BCUT2D eigenvalue weighted by molar-refractivity contribution is -0.123. The smallest absolute Gasteiger partial charge is 0.229 e. The number of benzene rings is 1. The van der Waals surface area contributed by atoms with E-state index in [2.05, 4.69) is 52.3 Å². The molecule has 2 atom stereocenters. The van der Waals surface area contributed by atoms with Crippen molar-refractivity contribution in [3.63, 3.8) is 0 Å². The molecule has 1 fully saturated rings. The number of aromatic nitrogens is 1. The van der Waals surface area contributed by atoms with Crippen LogP contribution < -0.4 is 16.0 Å². The van der Waals surface area contributed by atoms with E-state index in [1.165, 1.54) is 67.0 Å². The zero-order chi connectivity index (χ0) is 24.4. The minimum Gasteiger partial charge on any atom is -0.375 e. The number of carbonyl (C=O) groups excluding carboxylic acids is 1. The number of thiazole rings is 1. The largest absolute Gasteiger partial charge is 0.375 e. The van der Waals surface area contributed by atoms with Gasteiger partial charge in [0.15, 0.2) is 5.13 Å². The molecule has 190 valence electrons. The van der Waals surface area contributed by atoms with Gasteiger partial charge in [-0.25, -0.2) is 4.98 Å². The Morgan fingerprint density at radius 1 is 1.20 bits per heavy atom. The number of carbonyl (C=O) groups is 1. The van der Waals surface area contributed by atoms with Gasteiger partial charge < -0.3 is 20.9 Å². The molecule has 7 heteroatoms. The van der Waals surface area contributed by atoms with Crippen molar-refractivity contribution in [3.05, 3.63) is 40.4 Å². The molecule has 0 radical (unpaired) electrons. The molecule has 5 rings (SSSR count). The summed E-state index contributed by atoms with van der Waals surface area (Å²) in [7, 11) is 2.08. The quantitative estimate of drug-likeness (QED) is 0.560. The highest BCUT2D eigenvalue weighted by Gasteiger charge is 2.33. The van der Waals surface area contributed by atoms with Crippen LogP contribution in [0.25, 0.3) is 0 Å². The zero-order valence-electron chi connectivity index (χ0n) is 21.3. The Morgan fingerprint density at radius 2 is 2.00 bits per heavy atom. The molecule has 1 unspecified atom stereocenters. The second-order valence-corrected chi connectivity index (χ2v) is 12.0. The normalized spacial score (nSPS) is 26.0. The first-order valence-electron chi connectivity index (χ1n) is 13.6. The van der Waals surface area contributed by atoms with E-state index >= 15 is 0 Å². The van der Waals surface area contributed by atoms with E-state index in [9.17, 15) is 4.79 Å². The maximum Gasteiger partial charge on any atom is 0.229 e. The Hall–Kier alpha value is -2.12. The van der Waals surface area contributed by atoms with E-state index in [0.717, 1.165) is 43.3 Å². The van der Waals surface area contributed by atoms with Crippen LogP contribution in [0, 0.1) is 5.92 Å². The number of amides is 1. The minimum absolute atomic E-state index is 0.0403. The van der Waals surface area contributed by atoms with E-state index in [4.69, 9.17) is 5.73 Å². The van der Waals surface area contributed by atoms with Crippen LogP contribution in [0.5, 0.6) is 0 Å². The van der Waals surface area contributed by atoms with Gasteiger partial charge in [-0.3, -0.25) is 4.79 Å². The van der Waals surface area contributed by atoms with Crippen LogP contribution in [0.1, 0.15) is 73.9 Å². The fraction of sp³-hybridized carbons (Fsp3) is 0.643. The predicted molar refractivity (Wildman–Crippen MR) is 145 cm³/mol. The van der Waals surface area contributed by atoms with Crippen molar-refractivity contribution >= 4 is 28.1 Å². The van der Waals surface area contributed by atoms with E-state index in [-0.39, 0.29) is 11.8 Å². The van der Waals surface area contributed by atoms with Crippen LogP contribution in [0.2, 0.25) is 0 Å². The summed E-state index contributed by atoms with van der Waals surface area (Å²) in [5.41, 5.74) is 9.58. The highest BCUT2D eigenvalue weighted by atomic mass is 32.1. The van der Waals surface area contributed by atoms with Crippen molar-refractivity contribution in [1.29, 1.82) is 0 Å². The number of hydrogen-bond acceptors (Lipinski definition) is 6. The summed E-state index contributed by atoms with van der Waals surface area (Å²) in [6.45, 7) is 5.44. The maximum atomic E-state index is 13.1. The molecule has 2 aliphatic carbocycles. The first kappa shape index (κ1) is 24.6. The van der Waals surface area contributed by atoms with Crippen molar-refractivity contribution < 1.29 is 4.79 Å².